The number of carboxylic acids is 1. The van der Waals surface area contributed by atoms with E-state index >= 15 is 0 Å². The maximum Gasteiger partial charge on any atom is 0.407 e. The lowest BCUT2D eigenvalue weighted by Gasteiger charge is -2.26. The summed E-state index contributed by atoms with van der Waals surface area (Å²) in [5.41, 5.74) is 3.21. The Morgan fingerprint density at radius 3 is 2.06 bits per heavy atom. The lowest BCUT2D eigenvalue weighted by molar-refractivity contribution is -0.140. The second kappa shape index (κ2) is 10.5. The molecule has 2 amide bonds. The first-order valence-corrected chi connectivity index (χ1v) is 10.6. The Balaban J connectivity index is 1.64. The molecule has 3 rings (SSSR count). The Kier molecular flexibility index (Phi) is 7.67. The van der Waals surface area contributed by atoms with Gasteiger partial charge in [-0.25, -0.2) is 4.79 Å². The minimum absolute atomic E-state index is 0.0222. The van der Waals surface area contributed by atoms with Crippen LogP contribution in [-0.4, -0.2) is 65.7 Å². The predicted octanol–water partition coefficient (Wildman–Crippen LogP) is 1.48. The van der Waals surface area contributed by atoms with Crippen molar-refractivity contribution in [3.05, 3.63) is 59.7 Å². The summed E-state index contributed by atoms with van der Waals surface area (Å²) in [7, 11) is 0. The quantitative estimate of drug-likeness (QED) is 0.364. The SMILES string of the molecule is CC(CO)(CO)CNC(=O)C(CC(=O)O)NC(=O)OCC1c2ccccc2-c2ccccc21. The molecule has 33 heavy (non-hydrogen) atoms. The van der Waals surface area contributed by atoms with Crippen molar-refractivity contribution < 1.29 is 34.4 Å². The first-order valence-electron chi connectivity index (χ1n) is 10.6. The largest absolute Gasteiger partial charge is 0.481 e. The summed E-state index contributed by atoms with van der Waals surface area (Å²) < 4.78 is 5.39. The van der Waals surface area contributed by atoms with Crippen LogP contribution < -0.4 is 10.6 Å². The van der Waals surface area contributed by atoms with Crippen LogP contribution in [0.3, 0.4) is 0 Å². The van der Waals surface area contributed by atoms with Gasteiger partial charge in [-0.2, -0.15) is 0 Å². The van der Waals surface area contributed by atoms with E-state index in [9.17, 15) is 24.6 Å². The standard InChI is InChI=1S/C24H28N2O7/c1-24(13-27,14-28)12-25-22(31)20(10-21(29)30)26-23(32)33-11-19-17-8-4-2-6-15(17)16-7-3-5-9-18(16)19/h2-9,19-20,27-28H,10-14H2,1H3,(H,25,31)(H,26,32)(H,29,30). The van der Waals surface area contributed by atoms with Crippen molar-refractivity contribution >= 4 is 18.0 Å². The fourth-order valence-corrected chi connectivity index (χ4v) is 3.75. The number of carboxylic acid groups (broad SMARTS) is 1. The maximum absolute atomic E-state index is 12.5. The topological polar surface area (TPSA) is 145 Å². The van der Waals surface area contributed by atoms with Crippen molar-refractivity contribution in [1.82, 2.24) is 10.6 Å². The molecule has 2 aromatic carbocycles. The zero-order chi connectivity index (χ0) is 24.0. The first-order chi connectivity index (χ1) is 15.8. The van der Waals surface area contributed by atoms with Crippen LogP contribution in [0.15, 0.2) is 48.5 Å². The minimum Gasteiger partial charge on any atom is -0.481 e. The highest BCUT2D eigenvalue weighted by Crippen LogP contribution is 2.44. The van der Waals surface area contributed by atoms with E-state index in [1.807, 2.05) is 48.5 Å². The zero-order valence-corrected chi connectivity index (χ0v) is 18.3. The molecular formula is C24H28N2O7. The number of fused-ring (bicyclic) bond motifs is 3. The summed E-state index contributed by atoms with van der Waals surface area (Å²) in [6.07, 6.45) is -1.56. The van der Waals surface area contributed by atoms with E-state index in [1.165, 1.54) is 0 Å². The number of aliphatic hydroxyl groups excluding tert-OH is 2. The Morgan fingerprint density at radius 2 is 1.55 bits per heavy atom. The second-order valence-electron chi connectivity index (χ2n) is 8.47. The van der Waals surface area contributed by atoms with Crippen LogP contribution in [0.4, 0.5) is 4.79 Å². The summed E-state index contributed by atoms with van der Waals surface area (Å²) in [5.74, 6) is -2.20. The van der Waals surface area contributed by atoms with Crippen LogP contribution >= 0.6 is 0 Å². The molecule has 1 aliphatic carbocycles. The molecule has 0 aromatic heterocycles. The summed E-state index contributed by atoms with van der Waals surface area (Å²) in [5, 5.41) is 32.6. The molecule has 5 N–H and O–H groups in total. The van der Waals surface area contributed by atoms with E-state index in [-0.39, 0.29) is 32.3 Å². The van der Waals surface area contributed by atoms with Crippen molar-refractivity contribution in [1.29, 1.82) is 0 Å². The van der Waals surface area contributed by atoms with E-state index in [0.29, 0.717) is 0 Å². The first kappa shape index (κ1) is 24.2. The number of rotatable bonds is 10. The highest BCUT2D eigenvalue weighted by Gasteiger charge is 2.31. The summed E-state index contributed by atoms with van der Waals surface area (Å²) in [6.45, 7) is 0.717. The monoisotopic (exact) mass is 456 g/mol. The van der Waals surface area contributed by atoms with Crippen molar-refractivity contribution in [3.63, 3.8) is 0 Å². The third-order valence-electron chi connectivity index (χ3n) is 5.78. The van der Waals surface area contributed by atoms with Gasteiger partial charge in [0, 0.05) is 17.9 Å². The third-order valence-corrected chi connectivity index (χ3v) is 5.78. The van der Waals surface area contributed by atoms with Gasteiger partial charge >= 0.3 is 12.1 Å². The van der Waals surface area contributed by atoms with Gasteiger partial charge in [0.05, 0.1) is 19.6 Å². The number of carbonyl (C=O) groups is 3. The molecule has 1 atom stereocenters. The van der Waals surface area contributed by atoms with Gasteiger partial charge in [-0.15, -0.1) is 0 Å². The number of carbonyl (C=O) groups excluding carboxylic acids is 2. The number of aliphatic hydroxyl groups is 2. The van der Waals surface area contributed by atoms with E-state index in [1.54, 1.807) is 6.92 Å². The lowest BCUT2D eigenvalue weighted by atomic mass is 9.93. The second-order valence-corrected chi connectivity index (χ2v) is 8.47. The summed E-state index contributed by atoms with van der Waals surface area (Å²) in [4.78, 5) is 36.1. The number of hydrogen-bond acceptors (Lipinski definition) is 6. The van der Waals surface area contributed by atoms with E-state index in [2.05, 4.69) is 10.6 Å². The number of nitrogens with one attached hydrogen (secondary N) is 2. The van der Waals surface area contributed by atoms with Gasteiger partial charge in [-0.3, -0.25) is 9.59 Å². The van der Waals surface area contributed by atoms with Gasteiger partial charge in [0.2, 0.25) is 5.91 Å². The molecular weight excluding hydrogens is 428 g/mol. The molecule has 0 bridgehead atoms. The Bertz CT molecular complexity index is 974. The zero-order valence-electron chi connectivity index (χ0n) is 18.3. The van der Waals surface area contributed by atoms with Crippen LogP contribution in [0.2, 0.25) is 0 Å². The van der Waals surface area contributed by atoms with Crippen LogP contribution in [0, 0.1) is 5.41 Å². The maximum atomic E-state index is 12.5. The van der Waals surface area contributed by atoms with Crippen LogP contribution in [-0.2, 0) is 14.3 Å². The van der Waals surface area contributed by atoms with Gasteiger partial charge in [-0.1, -0.05) is 55.5 Å². The van der Waals surface area contributed by atoms with Gasteiger partial charge in [0.25, 0.3) is 0 Å². The van der Waals surface area contributed by atoms with Crippen LogP contribution in [0.25, 0.3) is 11.1 Å². The molecule has 9 nitrogen and oxygen atoms in total. The van der Waals surface area contributed by atoms with Crippen molar-refractivity contribution in [2.45, 2.75) is 25.3 Å². The van der Waals surface area contributed by atoms with Crippen molar-refractivity contribution in [2.75, 3.05) is 26.4 Å². The Labute approximate surface area is 191 Å². The molecule has 0 fully saturated rings. The molecule has 9 heteroatoms. The summed E-state index contributed by atoms with van der Waals surface area (Å²) >= 11 is 0. The van der Waals surface area contributed by atoms with E-state index in [0.717, 1.165) is 22.3 Å². The van der Waals surface area contributed by atoms with Crippen molar-refractivity contribution in [2.24, 2.45) is 5.41 Å². The van der Waals surface area contributed by atoms with Crippen LogP contribution in [0.5, 0.6) is 0 Å². The summed E-state index contributed by atoms with van der Waals surface area (Å²) in [6, 6.07) is 14.3. The third kappa shape index (κ3) is 5.68. The predicted molar refractivity (Wildman–Crippen MR) is 120 cm³/mol. The number of ether oxygens (including phenoxy) is 1. The van der Waals surface area contributed by atoms with E-state index in [4.69, 9.17) is 9.84 Å². The number of amides is 2. The molecule has 0 radical (unpaired) electrons. The average Bonchev–Trinajstić information content (AvgIpc) is 3.14. The molecule has 0 heterocycles. The molecule has 176 valence electrons. The average molecular weight is 456 g/mol. The minimum atomic E-state index is -1.38. The van der Waals surface area contributed by atoms with Gasteiger partial charge in [0.1, 0.15) is 12.6 Å². The smallest absolute Gasteiger partial charge is 0.407 e. The lowest BCUT2D eigenvalue weighted by Crippen LogP contribution is -2.51. The highest BCUT2D eigenvalue weighted by atomic mass is 16.5. The normalized spacial score (nSPS) is 13.5. The molecule has 0 saturated heterocycles. The molecule has 1 unspecified atom stereocenters. The highest BCUT2D eigenvalue weighted by molar-refractivity contribution is 5.89. The fraction of sp³-hybridized carbons (Fsp3) is 0.375. The van der Waals surface area contributed by atoms with Gasteiger partial charge in [0.15, 0.2) is 0 Å². The van der Waals surface area contributed by atoms with Crippen molar-refractivity contribution in [3.8, 4) is 11.1 Å². The fourth-order valence-electron chi connectivity index (χ4n) is 3.75. The van der Waals surface area contributed by atoms with Gasteiger partial charge < -0.3 is 30.7 Å². The molecule has 0 spiro atoms. The molecule has 0 aliphatic heterocycles. The Hall–Kier alpha value is -3.43. The van der Waals surface area contributed by atoms with E-state index < -0.39 is 35.8 Å². The molecule has 0 saturated carbocycles. The number of alkyl carbamates (subject to hydrolysis) is 1. The molecule has 1 aliphatic rings. The number of benzene rings is 2. The van der Waals surface area contributed by atoms with Crippen LogP contribution in [0.1, 0.15) is 30.4 Å². The Morgan fingerprint density at radius 1 is 1.00 bits per heavy atom. The van der Waals surface area contributed by atoms with Gasteiger partial charge in [-0.05, 0) is 22.3 Å². The number of aliphatic carboxylic acids is 1. The number of hydrogen-bond donors (Lipinski definition) is 5. The molecule has 2 aromatic rings.